The minimum absolute atomic E-state index is 0.0776. The van der Waals surface area contributed by atoms with Crippen LogP contribution in [0.1, 0.15) is 10.4 Å². The van der Waals surface area contributed by atoms with Crippen LogP contribution in [0.3, 0.4) is 0 Å². The topological polar surface area (TPSA) is 89.9 Å². The Kier molecular flexibility index (Phi) is 6.46. The van der Waals surface area contributed by atoms with E-state index in [2.05, 4.69) is 5.32 Å². The number of aromatic hydroxyl groups is 1. The summed E-state index contributed by atoms with van der Waals surface area (Å²) in [5, 5.41) is 13.8. The number of rotatable bonds is 8. The van der Waals surface area contributed by atoms with Crippen molar-refractivity contribution in [1.29, 1.82) is 0 Å². The first-order valence-corrected chi connectivity index (χ1v) is 10.8. The first-order valence-electron chi connectivity index (χ1n) is 10.00. The van der Waals surface area contributed by atoms with Crippen LogP contribution in [0.4, 0.5) is 5.69 Å². The molecule has 0 aliphatic heterocycles. The molecule has 0 radical (unpaired) electrons. The number of phenolic OH excluding ortho intramolecular Hbond substituents is 1. The van der Waals surface area contributed by atoms with Crippen molar-refractivity contribution in [2.45, 2.75) is 0 Å². The quantitative estimate of drug-likeness (QED) is 0.264. The summed E-state index contributed by atoms with van der Waals surface area (Å²) in [5.41, 5.74) is 2.97. The molecule has 1 heterocycles. The van der Waals surface area contributed by atoms with E-state index in [0.29, 0.717) is 17.1 Å². The Balaban J connectivity index is 1.46. The number of nitrogens with zero attached hydrogens (tertiary/aromatic N) is 1. The van der Waals surface area contributed by atoms with E-state index in [1.54, 1.807) is 43.9 Å². The number of hydrogen-bond donors (Lipinski definition) is 2. The zero-order valence-corrected chi connectivity index (χ0v) is 19.1. The molecule has 33 heavy (non-hydrogen) atoms. The molecule has 0 aliphatic rings. The van der Waals surface area contributed by atoms with Crippen molar-refractivity contribution < 1.29 is 24.1 Å². The fourth-order valence-electron chi connectivity index (χ4n) is 3.23. The van der Waals surface area contributed by atoms with Crippen LogP contribution >= 0.6 is 11.3 Å². The number of anilines is 1. The normalized spacial score (nSPS) is 11.0. The van der Waals surface area contributed by atoms with Crippen LogP contribution in [-0.2, 0) is 0 Å². The molecule has 0 unspecified atom stereocenters. The standard InChI is InChI=1S/C25H22N2O5S/c1-30-18-13-19-24(23(14-18)32-3)33-25(27-19)15-4-7-17(8-5-15)26-11-10-20(28)16-6-9-22(31-2)21(29)12-16/h4-14,26,29H,1-3H3/b11-10-. The summed E-state index contributed by atoms with van der Waals surface area (Å²) in [7, 11) is 4.70. The average Bonchev–Trinajstić information content (AvgIpc) is 3.28. The molecule has 0 saturated heterocycles. The Morgan fingerprint density at radius 2 is 1.73 bits per heavy atom. The van der Waals surface area contributed by atoms with E-state index in [1.165, 1.54) is 19.3 Å². The molecule has 1 aromatic heterocycles. The van der Waals surface area contributed by atoms with E-state index in [9.17, 15) is 9.90 Å². The summed E-state index contributed by atoms with van der Waals surface area (Å²) < 4.78 is 16.8. The van der Waals surface area contributed by atoms with Gasteiger partial charge in [0.25, 0.3) is 0 Å². The molecular weight excluding hydrogens is 440 g/mol. The van der Waals surface area contributed by atoms with Crippen molar-refractivity contribution >= 4 is 33.0 Å². The number of allylic oxidation sites excluding steroid dienone is 1. The van der Waals surface area contributed by atoms with Crippen molar-refractivity contribution in [2.24, 2.45) is 0 Å². The van der Waals surface area contributed by atoms with E-state index in [-0.39, 0.29) is 11.5 Å². The summed E-state index contributed by atoms with van der Waals surface area (Å²) in [6, 6.07) is 16.0. The number of aromatic nitrogens is 1. The van der Waals surface area contributed by atoms with Crippen LogP contribution in [0.15, 0.2) is 66.9 Å². The molecule has 0 spiro atoms. The van der Waals surface area contributed by atoms with Crippen LogP contribution in [0, 0.1) is 0 Å². The number of thiazole rings is 1. The first kappa shape index (κ1) is 22.2. The molecule has 7 nitrogen and oxygen atoms in total. The van der Waals surface area contributed by atoms with Crippen LogP contribution in [-0.4, -0.2) is 37.2 Å². The van der Waals surface area contributed by atoms with Crippen molar-refractivity contribution in [2.75, 3.05) is 26.6 Å². The number of carbonyl (C=O) groups is 1. The highest BCUT2D eigenvalue weighted by atomic mass is 32.1. The molecule has 0 atom stereocenters. The molecule has 4 aromatic rings. The third kappa shape index (κ3) is 4.75. The summed E-state index contributed by atoms with van der Waals surface area (Å²) >= 11 is 1.55. The van der Waals surface area contributed by atoms with Crippen LogP contribution in [0.2, 0.25) is 0 Å². The smallest absolute Gasteiger partial charge is 0.187 e. The minimum atomic E-state index is -0.240. The van der Waals surface area contributed by atoms with E-state index in [1.807, 2.05) is 36.4 Å². The van der Waals surface area contributed by atoms with Gasteiger partial charge in [0.05, 0.1) is 31.5 Å². The number of nitrogens with one attached hydrogen (secondary N) is 1. The van der Waals surface area contributed by atoms with Crippen LogP contribution in [0.5, 0.6) is 23.0 Å². The lowest BCUT2D eigenvalue weighted by Crippen LogP contribution is -1.97. The number of fused-ring (bicyclic) bond motifs is 1. The summed E-state index contributed by atoms with van der Waals surface area (Å²) in [6.07, 6.45) is 2.97. The monoisotopic (exact) mass is 462 g/mol. The van der Waals surface area contributed by atoms with Gasteiger partial charge in [0.15, 0.2) is 17.3 Å². The Morgan fingerprint density at radius 3 is 2.39 bits per heavy atom. The molecule has 0 aliphatic carbocycles. The van der Waals surface area contributed by atoms with Gasteiger partial charge < -0.3 is 24.6 Å². The lowest BCUT2D eigenvalue weighted by Gasteiger charge is -2.04. The van der Waals surface area contributed by atoms with Gasteiger partial charge >= 0.3 is 0 Å². The Bertz CT molecular complexity index is 1330. The number of methoxy groups -OCH3 is 3. The van der Waals surface area contributed by atoms with Crippen molar-refractivity contribution in [3.8, 4) is 33.6 Å². The maximum atomic E-state index is 12.3. The highest BCUT2D eigenvalue weighted by molar-refractivity contribution is 7.22. The van der Waals surface area contributed by atoms with Gasteiger partial charge in [-0.3, -0.25) is 4.79 Å². The fraction of sp³-hybridized carbons (Fsp3) is 0.120. The number of carbonyl (C=O) groups excluding carboxylic acids is 1. The third-order valence-corrected chi connectivity index (χ3v) is 6.10. The lowest BCUT2D eigenvalue weighted by molar-refractivity contribution is 0.104. The van der Waals surface area contributed by atoms with Gasteiger partial charge in [-0.05, 0) is 42.5 Å². The van der Waals surface area contributed by atoms with Gasteiger partial charge in [0, 0.05) is 41.2 Å². The molecule has 4 rings (SSSR count). The SMILES string of the molecule is COc1cc(OC)c2sc(-c3ccc(N/C=C\C(=O)c4ccc(OC)c(O)c4)cc3)nc2c1. The average molecular weight is 463 g/mol. The Labute approximate surface area is 194 Å². The second-order valence-electron chi connectivity index (χ2n) is 7.00. The number of phenols is 1. The van der Waals surface area contributed by atoms with E-state index in [4.69, 9.17) is 19.2 Å². The van der Waals surface area contributed by atoms with E-state index in [0.717, 1.165) is 32.2 Å². The molecule has 0 bridgehead atoms. The Morgan fingerprint density at radius 1 is 0.970 bits per heavy atom. The molecule has 168 valence electrons. The fourth-order valence-corrected chi connectivity index (χ4v) is 4.28. The van der Waals surface area contributed by atoms with Crippen molar-refractivity contribution in [1.82, 2.24) is 4.98 Å². The summed E-state index contributed by atoms with van der Waals surface area (Å²) in [6.45, 7) is 0. The van der Waals surface area contributed by atoms with Gasteiger partial charge in [-0.25, -0.2) is 4.98 Å². The zero-order valence-electron chi connectivity index (χ0n) is 18.3. The molecular formula is C25H22N2O5S. The second-order valence-corrected chi connectivity index (χ2v) is 8.00. The zero-order chi connectivity index (χ0) is 23.4. The summed E-state index contributed by atoms with van der Waals surface area (Å²) in [5.74, 6) is 1.43. The lowest BCUT2D eigenvalue weighted by atomic mass is 10.1. The number of ketones is 1. The highest BCUT2D eigenvalue weighted by Crippen LogP contribution is 2.38. The van der Waals surface area contributed by atoms with Crippen molar-refractivity contribution in [3.05, 3.63) is 72.4 Å². The number of ether oxygens (including phenoxy) is 3. The maximum absolute atomic E-state index is 12.3. The van der Waals surface area contributed by atoms with Crippen LogP contribution in [0.25, 0.3) is 20.8 Å². The number of hydrogen-bond acceptors (Lipinski definition) is 8. The van der Waals surface area contributed by atoms with Crippen molar-refractivity contribution in [3.63, 3.8) is 0 Å². The molecule has 0 fully saturated rings. The van der Waals surface area contributed by atoms with Gasteiger partial charge in [0.2, 0.25) is 0 Å². The highest BCUT2D eigenvalue weighted by Gasteiger charge is 2.13. The number of benzene rings is 3. The molecule has 3 aromatic carbocycles. The molecule has 0 amide bonds. The maximum Gasteiger partial charge on any atom is 0.187 e. The van der Waals surface area contributed by atoms with Gasteiger partial charge in [-0.1, -0.05) is 0 Å². The molecule has 2 N–H and O–H groups in total. The predicted octanol–water partition coefficient (Wildman–Crippen LogP) is 5.50. The Hall–Kier alpha value is -4.04. The largest absolute Gasteiger partial charge is 0.504 e. The predicted molar refractivity (Wildman–Crippen MR) is 130 cm³/mol. The van der Waals surface area contributed by atoms with E-state index >= 15 is 0 Å². The third-order valence-electron chi connectivity index (χ3n) is 4.97. The van der Waals surface area contributed by atoms with Crippen LogP contribution < -0.4 is 19.5 Å². The minimum Gasteiger partial charge on any atom is -0.504 e. The molecule has 0 saturated carbocycles. The van der Waals surface area contributed by atoms with E-state index < -0.39 is 0 Å². The van der Waals surface area contributed by atoms with Gasteiger partial charge in [-0.15, -0.1) is 11.3 Å². The first-order chi connectivity index (χ1) is 16.0. The summed E-state index contributed by atoms with van der Waals surface area (Å²) in [4.78, 5) is 17.0. The second kappa shape index (κ2) is 9.62. The van der Waals surface area contributed by atoms with Gasteiger partial charge in [-0.2, -0.15) is 0 Å². The molecule has 8 heteroatoms. The van der Waals surface area contributed by atoms with Gasteiger partial charge in [0.1, 0.15) is 16.5 Å².